The van der Waals surface area contributed by atoms with Crippen LogP contribution >= 0.6 is 15.9 Å². The molecule has 0 radical (unpaired) electrons. The van der Waals surface area contributed by atoms with Gasteiger partial charge < -0.3 is 19.7 Å². The zero-order chi connectivity index (χ0) is 30.7. The zero-order valence-corrected chi connectivity index (χ0v) is 26.2. The molecule has 1 aliphatic heterocycles. The van der Waals surface area contributed by atoms with Gasteiger partial charge in [-0.15, -0.1) is 0 Å². The second kappa shape index (κ2) is 12.7. The molecule has 3 aromatic carbocycles. The fourth-order valence-electron chi connectivity index (χ4n) is 4.34. The summed E-state index contributed by atoms with van der Waals surface area (Å²) in [7, 11) is -4.36. The molecule has 1 aliphatic rings. The van der Waals surface area contributed by atoms with E-state index in [9.17, 15) is 22.4 Å². The second-order valence-corrected chi connectivity index (χ2v) is 13.6. The average molecular weight is 663 g/mol. The molecule has 0 saturated carbocycles. The normalized spacial score (nSPS) is 13.7. The number of nitrogens with one attached hydrogen (secondary N) is 1. The number of rotatable bonds is 9. The van der Waals surface area contributed by atoms with Crippen LogP contribution in [0.5, 0.6) is 11.5 Å². The van der Waals surface area contributed by atoms with E-state index in [1.54, 1.807) is 13.0 Å². The molecule has 12 heteroatoms. The highest BCUT2D eigenvalue weighted by atomic mass is 79.9. The first-order valence-corrected chi connectivity index (χ1v) is 15.5. The third kappa shape index (κ3) is 7.60. The Morgan fingerprint density at radius 2 is 1.67 bits per heavy atom. The number of carbonyl (C=O) groups excluding carboxylic acids is 2. The van der Waals surface area contributed by atoms with Crippen molar-refractivity contribution in [2.75, 3.05) is 24.1 Å². The number of sulfonamides is 1. The lowest BCUT2D eigenvalue weighted by molar-refractivity contribution is -0.140. The Labute approximate surface area is 253 Å². The van der Waals surface area contributed by atoms with Crippen LogP contribution in [0.1, 0.15) is 33.3 Å². The van der Waals surface area contributed by atoms with Gasteiger partial charge in [-0.25, -0.2) is 12.8 Å². The van der Waals surface area contributed by atoms with Gasteiger partial charge in [0.25, 0.3) is 10.0 Å². The molecule has 0 aliphatic carbocycles. The molecule has 4 rings (SSSR count). The Bertz CT molecular complexity index is 1560. The number of fused-ring (bicyclic) bond motifs is 1. The number of halogens is 2. The van der Waals surface area contributed by atoms with E-state index in [2.05, 4.69) is 21.2 Å². The van der Waals surface area contributed by atoms with E-state index >= 15 is 0 Å². The van der Waals surface area contributed by atoms with E-state index in [1.807, 2.05) is 39.0 Å². The second-order valence-electron chi connectivity index (χ2n) is 10.9. The molecule has 2 amide bonds. The first-order valence-electron chi connectivity index (χ1n) is 13.3. The van der Waals surface area contributed by atoms with E-state index in [-0.39, 0.29) is 29.5 Å². The number of ether oxygens (including phenoxy) is 2. The highest BCUT2D eigenvalue weighted by Gasteiger charge is 2.34. The van der Waals surface area contributed by atoms with Crippen LogP contribution in [-0.4, -0.2) is 56.5 Å². The van der Waals surface area contributed by atoms with Crippen LogP contribution in [0.2, 0.25) is 0 Å². The Balaban J connectivity index is 1.73. The SMILES string of the molecule is C[C@@H](C(=O)NC(C)(C)C)N(Cc1cccc(Br)c1)C(=O)CN(c1ccc(F)cc1)S(=O)(=O)c1ccc2c(c1)OCCO2. The Morgan fingerprint density at radius 3 is 2.31 bits per heavy atom. The molecule has 0 spiro atoms. The van der Waals surface area contributed by atoms with E-state index in [1.165, 1.54) is 35.2 Å². The van der Waals surface area contributed by atoms with Crippen molar-refractivity contribution in [2.45, 2.75) is 50.7 Å². The summed E-state index contributed by atoms with van der Waals surface area (Å²) >= 11 is 3.43. The summed E-state index contributed by atoms with van der Waals surface area (Å²) in [6, 6.07) is 15.3. The first-order chi connectivity index (χ1) is 19.7. The predicted molar refractivity (Wildman–Crippen MR) is 160 cm³/mol. The van der Waals surface area contributed by atoms with Gasteiger partial charge in [0, 0.05) is 22.6 Å². The molecule has 9 nitrogen and oxygen atoms in total. The average Bonchev–Trinajstić information content (AvgIpc) is 2.93. The van der Waals surface area contributed by atoms with E-state index in [0.29, 0.717) is 12.4 Å². The lowest BCUT2D eigenvalue weighted by atomic mass is 10.1. The highest BCUT2D eigenvalue weighted by Crippen LogP contribution is 2.34. The number of hydrogen-bond donors (Lipinski definition) is 1. The minimum Gasteiger partial charge on any atom is -0.486 e. The van der Waals surface area contributed by atoms with Crippen molar-refractivity contribution in [3.05, 3.63) is 82.6 Å². The molecule has 0 aromatic heterocycles. The third-order valence-electron chi connectivity index (χ3n) is 6.40. The zero-order valence-electron chi connectivity index (χ0n) is 23.8. The molecule has 3 aromatic rings. The fourth-order valence-corrected chi connectivity index (χ4v) is 6.21. The van der Waals surface area contributed by atoms with Gasteiger partial charge in [-0.3, -0.25) is 13.9 Å². The van der Waals surface area contributed by atoms with Crippen molar-refractivity contribution in [1.82, 2.24) is 10.2 Å². The Kier molecular flexibility index (Phi) is 9.47. The van der Waals surface area contributed by atoms with Crippen LogP contribution in [0.3, 0.4) is 0 Å². The predicted octanol–water partition coefficient (Wildman–Crippen LogP) is 4.89. The first kappa shape index (κ1) is 31.3. The maximum atomic E-state index is 14.0. The van der Waals surface area contributed by atoms with Gasteiger partial charge in [0.1, 0.15) is 31.6 Å². The molecule has 1 atom stereocenters. The van der Waals surface area contributed by atoms with Crippen LogP contribution in [0.25, 0.3) is 0 Å². The van der Waals surface area contributed by atoms with Crippen molar-refractivity contribution >= 4 is 43.5 Å². The van der Waals surface area contributed by atoms with E-state index in [4.69, 9.17) is 9.47 Å². The summed E-state index contributed by atoms with van der Waals surface area (Å²) in [6.07, 6.45) is 0. The van der Waals surface area contributed by atoms with Crippen LogP contribution in [-0.2, 0) is 26.2 Å². The summed E-state index contributed by atoms with van der Waals surface area (Å²) in [5.41, 5.74) is 0.252. The van der Waals surface area contributed by atoms with Crippen LogP contribution in [0.4, 0.5) is 10.1 Å². The molecule has 0 bridgehead atoms. The molecule has 224 valence electrons. The maximum Gasteiger partial charge on any atom is 0.264 e. The minimum atomic E-state index is -4.36. The molecule has 1 N–H and O–H groups in total. The van der Waals surface area contributed by atoms with E-state index < -0.39 is 45.8 Å². The highest BCUT2D eigenvalue weighted by molar-refractivity contribution is 9.10. The van der Waals surface area contributed by atoms with Gasteiger partial charge in [0.15, 0.2) is 11.5 Å². The summed E-state index contributed by atoms with van der Waals surface area (Å²) in [5.74, 6) is -0.920. The molecule has 0 saturated heterocycles. The topological polar surface area (TPSA) is 105 Å². The smallest absolute Gasteiger partial charge is 0.264 e. The lowest BCUT2D eigenvalue weighted by Gasteiger charge is -2.33. The van der Waals surface area contributed by atoms with Gasteiger partial charge in [-0.1, -0.05) is 28.1 Å². The Morgan fingerprint density at radius 1 is 1.00 bits per heavy atom. The molecule has 0 fully saturated rings. The summed E-state index contributed by atoms with van der Waals surface area (Å²) < 4.78 is 54.7. The number of carbonyl (C=O) groups is 2. The van der Waals surface area contributed by atoms with Gasteiger partial charge in [0.2, 0.25) is 11.8 Å². The fraction of sp³-hybridized carbons (Fsp3) is 0.333. The van der Waals surface area contributed by atoms with Gasteiger partial charge in [0.05, 0.1) is 10.6 Å². The quantitative estimate of drug-likeness (QED) is 0.350. The van der Waals surface area contributed by atoms with Crippen LogP contribution < -0.4 is 19.1 Å². The summed E-state index contributed by atoms with van der Waals surface area (Å²) in [4.78, 5) is 28.4. The monoisotopic (exact) mass is 661 g/mol. The van der Waals surface area contributed by atoms with Crippen molar-refractivity contribution in [1.29, 1.82) is 0 Å². The van der Waals surface area contributed by atoms with Crippen molar-refractivity contribution in [2.24, 2.45) is 0 Å². The third-order valence-corrected chi connectivity index (χ3v) is 8.67. The molecule has 42 heavy (non-hydrogen) atoms. The number of anilines is 1. The van der Waals surface area contributed by atoms with Gasteiger partial charge in [-0.05, 0) is 81.8 Å². The summed E-state index contributed by atoms with van der Waals surface area (Å²) in [6.45, 7) is 7.06. The van der Waals surface area contributed by atoms with Gasteiger partial charge >= 0.3 is 0 Å². The van der Waals surface area contributed by atoms with Crippen molar-refractivity contribution < 1.29 is 31.9 Å². The maximum absolute atomic E-state index is 14.0. The molecular weight excluding hydrogens is 629 g/mol. The van der Waals surface area contributed by atoms with Gasteiger partial charge in [-0.2, -0.15) is 0 Å². The lowest BCUT2D eigenvalue weighted by Crippen LogP contribution is -2.54. The van der Waals surface area contributed by atoms with Crippen LogP contribution in [0.15, 0.2) is 76.1 Å². The molecular formula is C30H33BrFN3O6S. The largest absolute Gasteiger partial charge is 0.486 e. The van der Waals surface area contributed by atoms with Crippen LogP contribution in [0, 0.1) is 5.82 Å². The standard InChI is InChI=1S/C30H33BrFN3O6S/c1-20(29(37)33-30(2,3)4)34(18-21-6-5-7-22(31)16-21)28(36)19-35(24-10-8-23(32)9-11-24)42(38,39)25-12-13-26-27(17-25)41-15-14-40-26/h5-13,16-17,20H,14-15,18-19H2,1-4H3,(H,33,37)/t20-/m0/s1. The number of nitrogens with zero attached hydrogens (tertiary/aromatic N) is 2. The van der Waals surface area contributed by atoms with Crippen molar-refractivity contribution in [3.8, 4) is 11.5 Å². The number of hydrogen-bond acceptors (Lipinski definition) is 6. The van der Waals surface area contributed by atoms with E-state index in [0.717, 1.165) is 26.5 Å². The molecule has 1 heterocycles. The molecule has 0 unspecified atom stereocenters. The van der Waals surface area contributed by atoms with Crippen molar-refractivity contribution in [3.63, 3.8) is 0 Å². The number of amides is 2. The Hall–Kier alpha value is -3.64. The minimum absolute atomic E-state index is 0.0400. The number of benzene rings is 3. The summed E-state index contributed by atoms with van der Waals surface area (Å²) in [5, 5.41) is 2.89.